The summed E-state index contributed by atoms with van der Waals surface area (Å²) in [5, 5.41) is 8.77. The Labute approximate surface area is 150 Å². The molecule has 1 aromatic carbocycles. The van der Waals surface area contributed by atoms with Crippen LogP contribution in [0.5, 0.6) is 0 Å². The van der Waals surface area contributed by atoms with Crippen LogP contribution in [0.25, 0.3) is 0 Å². The highest BCUT2D eigenvalue weighted by molar-refractivity contribution is 7.99. The minimum atomic E-state index is -0.897. The van der Waals surface area contributed by atoms with E-state index >= 15 is 0 Å². The molecule has 0 unspecified atom stereocenters. The van der Waals surface area contributed by atoms with Crippen LogP contribution in [0.3, 0.4) is 0 Å². The third kappa shape index (κ3) is 4.54. The van der Waals surface area contributed by atoms with Crippen LogP contribution < -0.4 is 0 Å². The first-order valence-corrected chi connectivity index (χ1v) is 9.46. The summed E-state index contributed by atoms with van der Waals surface area (Å²) < 4.78 is 0. The summed E-state index contributed by atoms with van der Waals surface area (Å²) in [5.41, 5.74) is 3.84. The van der Waals surface area contributed by atoms with Crippen molar-refractivity contribution in [2.45, 2.75) is 63.2 Å². The van der Waals surface area contributed by atoms with E-state index in [2.05, 4.69) is 52.0 Å². The van der Waals surface area contributed by atoms with Gasteiger partial charge < -0.3 is 5.11 Å². The van der Waals surface area contributed by atoms with E-state index in [9.17, 15) is 4.79 Å². The third-order valence-corrected chi connectivity index (χ3v) is 5.91. The van der Waals surface area contributed by atoms with Crippen LogP contribution >= 0.6 is 11.8 Å². The standard InChI is InChI=1S/C21H28O2S/c1-15(13-19(22)23)7-6-10-20(2,3)16-8-9-18-17(14-16)21(4,5)11-12-24-18/h6-9,13-14H,10-12H2,1-5H3,(H,22,23)/b7-6+,15-13+. The Morgan fingerprint density at radius 2 is 2.08 bits per heavy atom. The van der Waals surface area contributed by atoms with E-state index in [-0.39, 0.29) is 10.8 Å². The Balaban J connectivity index is 2.21. The number of rotatable bonds is 5. The van der Waals surface area contributed by atoms with Gasteiger partial charge in [0.1, 0.15) is 0 Å². The first kappa shape index (κ1) is 18.9. The van der Waals surface area contributed by atoms with Crippen molar-refractivity contribution in [2.24, 2.45) is 0 Å². The van der Waals surface area contributed by atoms with E-state index in [0.717, 1.165) is 12.0 Å². The van der Waals surface area contributed by atoms with E-state index < -0.39 is 5.97 Å². The lowest BCUT2D eigenvalue weighted by Gasteiger charge is -2.34. The predicted octanol–water partition coefficient (Wildman–Crippen LogP) is 5.71. The smallest absolute Gasteiger partial charge is 0.328 e. The van der Waals surface area contributed by atoms with Crippen LogP contribution in [-0.4, -0.2) is 16.8 Å². The molecule has 1 aliphatic heterocycles. The van der Waals surface area contributed by atoms with Gasteiger partial charge in [-0.15, -0.1) is 11.8 Å². The molecule has 2 nitrogen and oxygen atoms in total. The lowest BCUT2D eigenvalue weighted by molar-refractivity contribution is -0.131. The number of allylic oxidation sites excluding steroid dienone is 3. The summed E-state index contributed by atoms with van der Waals surface area (Å²) in [6.45, 7) is 11.0. The topological polar surface area (TPSA) is 37.3 Å². The number of carboxylic acids is 1. The number of fused-ring (bicyclic) bond motifs is 1. The highest BCUT2D eigenvalue weighted by Crippen LogP contribution is 2.43. The van der Waals surface area contributed by atoms with Crippen LogP contribution in [0.4, 0.5) is 0 Å². The van der Waals surface area contributed by atoms with Gasteiger partial charge >= 0.3 is 5.97 Å². The maximum Gasteiger partial charge on any atom is 0.328 e. The van der Waals surface area contributed by atoms with Crippen molar-refractivity contribution < 1.29 is 9.90 Å². The predicted molar refractivity (Wildman–Crippen MR) is 103 cm³/mol. The maximum absolute atomic E-state index is 10.7. The van der Waals surface area contributed by atoms with Gasteiger partial charge in [0.15, 0.2) is 0 Å². The molecule has 0 aromatic heterocycles. The normalized spacial score (nSPS) is 17.8. The van der Waals surface area contributed by atoms with Crippen LogP contribution in [0, 0.1) is 0 Å². The molecule has 1 aromatic rings. The van der Waals surface area contributed by atoms with Gasteiger partial charge in [-0.3, -0.25) is 0 Å². The molecule has 0 atom stereocenters. The molecule has 0 saturated heterocycles. The van der Waals surface area contributed by atoms with Gasteiger partial charge in [-0.05, 0) is 59.1 Å². The van der Waals surface area contributed by atoms with Gasteiger partial charge in [0, 0.05) is 11.0 Å². The van der Waals surface area contributed by atoms with Crippen molar-refractivity contribution in [3.8, 4) is 0 Å². The van der Waals surface area contributed by atoms with Gasteiger partial charge in [0.25, 0.3) is 0 Å². The Hall–Kier alpha value is -1.48. The molecule has 0 bridgehead atoms. The third-order valence-electron chi connectivity index (χ3n) is 4.83. The fourth-order valence-corrected chi connectivity index (χ4v) is 4.54. The highest BCUT2D eigenvalue weighted by Gasteiger charge is 2.30. The summed E-state index contributed by atoms with van der Waals surface area (Å²) >= 11 is 1.96. The second-order valence-electron chi connectivity index (χ2n) is 7.91. The van der Waals surface area contributed by atoms with Gasteiger partial charge in [-0.2, -0.15) is 0 Å². The van der Waals surface area contributed by atoms with E-state index in [1.807, 2.05) is 24.8 Å². The number of benzene rings is 1. The van der Waals surface area contributed by atoms with E-state index in [0.29, 0.717) is 0 Å². The maximum atomic E-state index is 10.7. The summed E-state index contributed by atoms with van der Waals surface area (Å²) in [5.74, 6) is 0.298. The van der Waals surface area contributed by atoms with Gasteiger partial charge in [-0.25, -0.2) is 4.79 Å². The molecule has 2 rings (SSSR count). The van der Waals surface area contributed by atoms with E-state index in [1.54, 1.807) is 0 Å². The van der Waals surface area contributed by atoms with Gasteiger partial charge in [0.05, 0.1) is 0 Å². The van der Waals surface area contributed by atoms with Gasteiger partial charge in [0.2, 0.25) is 0 Å². The fraction of sp³-hybridized carbons (Fsp3) is 0.476. The van der Waals surface area contributed by atoms with Crippen molar-refractivity contribution >= 4 is 17.7 Å². The Morgan fingerprint density at radius 1 is 1.38 bits per heavy atom. The Bertz CT molecular complexity index is 681. The number of hydrogen-bond acceptors (Lipinski definition) is 2. The number of aliphatic carboxylic acids is 1. The zero-order valence-corrected chi connectivity index (χ0v) is 16.2. The van der Waals surface area contributed by atoms with Crippen LogP contribution in [0.15, 0.2) is 46.9 Å². The molecule has 24 heavy (non-hydrogen) atoms. The molecule has 0 radical (unpaired) electrons. The van der Waals surface area contributed by atoms with Crippen LogP contribution in [0.1, 0.15) is 58.6 Å². The van der Waals surface area contributed by atoms with Crippen molar-refractivity contribution in [3.63, 3.8) is 0 Å². The SMILES string of the molecule is CC(/C=C/CC(C)(C)c1ccc2c(c1)C(C)(C)CCS2)=C\C(=O)O. The van der Waals surface area contributed by atoms with Crippen molar-refractivity contribution in [2.75, 3.05) is 5.75 Å². The van der Waals surface area contributed by atoms with Gasteiger partial charge in [-0.1, -0.05) is 52.0 Å². The zero-order chi connectivity index (χ0) is 18.0. The summed E-state index contributed by atoms with van der Waals surface area (Å²) in [7, 11) is 0. The molecule has 3 heteroatoms. The molecule has 1 aliphatic rings. The molecule has 0 aliphatic carbocycles. The summed E-state index contributed by atoms with van der Waals surface area (Å²) in [6.07, 6.45) is 7.31. The number of thioether (sulfide) groups is 1. The first-order chi connectivity index (χ1) is 11.1. The van der Waals surface area contributed by atoms with Crippen molar-refractivity contribution in [3.05, 3.63) is 53.1 Å². The highest BCUT2D eigenvalue weighted by atomic mass is 32.2. The zero-order valence-electron chi connectivity index (χ0n) is 15.3. The molecule has 1 heterocycles. The monoisotopic (exact) mass is 344 g/mol. The van der Waals surface area contributed by atoms with Crippen LogP contribution in [-0.2, 0) is 15.6 Å². The molecule has 0 amide bonds. The first-order valence-electron chi connectivity index (χ1n) is 8.47. The number of carboxylic acid groups (broad SMARTS) is 1. The molecule has 0 spiro atoms. The molecule has 0 fully saturated rings. The second-order valence-corrected chi connectivity index (χ2v) is 9.05. The molecule has 1 N–H and O–H groups in total. The summed E-state index contributed by atoms with van der Waals surface area (Å²) in [6, 6.07) is 6.91. The Morgan fingerprint density at radius 3 is 2.75 bits per heavy atom. The lowest BCUT2D eigenvalue weighted by atomic mass is 9.76. The fourth-order valence-electron chi connectivity index (χ4n) is 3.06. The Kier molecular flexibility index (Phi) is 5.64. The average molecular weight is 345 g/mol. The largest absolute Gasteiger partial charge is 0.478 e. The minimum absolute atomic E-state index is 0.0211. The minimum Gasteiger partial charge on any atom is -0.478 e. The quantitative estimate of drug-likeness (QED) is 0.549. The van der Waals surface area contributed by atoms with Crippen molar-refractivity contribution in [1.29, 1.82) is 0 Å². The molecular formula is C21H28O2S. The number of carbonyl (C=O) groups is 1. The molecule has 130 valence electrons. The van der Waals surface area contributed by atoms with Crippen molar-refractivity contribution in [1.82, 2.24) is 0 Å². The number of hydrogen-bond donors (Lipinski definition) is 1. The molecule has 0 saturated carbocycles. The van der Waals surface area contributed by atoms with Crippen LogP contribution in [0.2, 0.25) is 0 Å². The second kappa shape index (κ2) is 7.18. The lowest BCUT2D eigenvalue weighted by Crippen LogP contribution is -2.24. The average Bonchev–Trinajstić information content (AvgIpc) is 2.45. The van der Waals surface area contributed by atoms with E-state index in [4.69, 9.17) is 5.11 Å². The molecular weight excluding hydrogens is 316 g/mol. The summed E-state index contributed by atoms with van der Waals surface area (Å²) in [4.78, 5) is 12.1. The van der Waals surface area contributed by atoms with E-state index in [1.165, 1.54) is 34.3 Å².